The van der Waals surface area contributed by atoms with Crippen molar-refractivity contribution in [3.05, 3.63) is 65.4 Å². The second kappa shape index (κ2) is 7.84. The molecule has 132 valence electrons. The maximum atomic E-state index is 11.2. The molecule has 0 fully saturated rings. The first-order chi connectivity index (χ1) is 12.5. The molecule has 0 aliphatic heterocycles. The minimum atomic E-state index is -0.119. The molecule has 0 bridgehead atoms. The number of anilines is 5. The lowest BCUT2D eigenvalue weighted by atomic mass is 10.2. The van der Waals surface area contributed by atoms with Crippen LogP contribution in [0.1, 0.15) is 12.7 Å². The number of rotatable bonds is 5. The summed E-state index contributed by atoms with van der Waals surface area (Å²) in [7, 11) is 0. The highest BCUT2D eigenvalue weighted by Gasteiger charge is 2.06. The van der Waals surface area contributed by atoms with Gasteiger partial charge in [0.15, 0.2) is 0 Å². The van der Waals surface area contributed by atoms with E-state index in [0.29, 0.717) is 28.2 Å². The van der Waals surface area contributed by atoms with E-state index in [1.807, 2.05) is 55.5 Å². The Kier molecular flexibility index (Phi) is 5.34. The monoisotopic (exact) mass is 367 g/mol. The topological polar surface area (TPSA) is 78.9 Å². The van der Waals surface area contributed by atoms with E-state index < -0.39 is 0 Å². The van der Waals surface area contributed by atoms with E-state index in [1.165, 1.54) is 6.92 Å². The van der Waals surface area contributed by atoms with Gasteiger partial charge in [-0.15, -0.1) is 0 Å². The van der Waals surface area contributed by atoms with Gasteiger partial charge in [-0.25, -0.2) is 9.97 Å². The summed E-state index contributed by atoms with van der Waals surface area (Å²) in [6, 6.07) is 16.6. The number of nitrogens with zero attached hydrogens (tertiary/aromatic N) is 2. The van der Waals surface area contributed by atoms with E-state index in [1.54, 1.807) is 6.07 Å². The third-order valence-corrected chi connectivity index (χ3v) is 3.76. The number of aromatic nitrogens is 2. The molecular weight excluding hydrogens is 350 g/mol. The molecule has 0 aliphatic carbocycles. The standard InChI is InChI=1S/C19H18ClN5O/c1-12-21-18(24-15-7-5-6-14(10-15)23-13(2)26)11-19(22-12)25-17-9-4-3-8-16(17)20/h3-11H,1-2H3,(H,23,26)(H2,21,22,24,25). The first-order valence-electron chi connectivity index (χ1n) is 8.01. The normalized spacial score (nSPS) is 10.3. The van der Waals surface area contributed by atoms with Crippen molar-refractivity contribution in [2.75, 3.05) is 16.0 Å². The number of halogens is 1. The van der Waals surface area contributed by atoms with Crippen LogP contribution < -0.4 is 16.0 Å². The molecule has 1 aromatic heterocycles. The van der Waals surface area contributed by atoms with E-state index >= 15 is 0 Å². The van der Waals surface area contributed by atoms with Gasteiger partial charge in [0.25, 0.3) is 0 Å². The van der Waals surface area contributed by atoms with E-state index in [4.69, 9.17) is 11.6 Å². The first kappa shape index (κ1) is 17.7. The van der Waals surface area contributed by atoms with Crippen molar-refractivity contribution >= 4 is 46.2 Å². The molecule has 0 atom stereocenters. The Morgan fingerprint density at radius 2 is 1.62 bits per heavy atom. The molecule has 3 N–H and O–H groups in total. The summed E-state index contributed by atoms with van der Waals surface area (Å²) in [5, 5.41) is 9.79. The van der Waals surface area contributed by atoms with Crippen molar-refractivity contribution in [3.8, 4) is 0 Å². The molecule has 3 aromatic rings. The van der Waals surface area contributed by atoms with Gasteiger partial charge in [0, 0.05) is 24.4 Å². The van der Waals surface area contributed by atoms with Crippen LogP contribution in [0.4, 0.5) is 28.7 Å². The van der Waals surface area contributed by atoms with Gasteiger partial charge < -0.3 is 16.0 Å². The number of aryl methyl sites for hydroxylation is 1. The van der Waals surface area contributed by atoms with E-state index in [9.17, 15) is 4.79 Å². The molecule has 2 aromatic carbocycles. The third kappa shape index (κ3) is 4.70. The number of benzene rings is 2. The summed E-state index contributed by atoms with van der Waals surface area (Å²) in [5.74, 6) is 1.76. The van der Waals surface area contributed by atoms with Gasteiger partial charge in [-0.05, 0) is 37.3 Å². The van der Waals surface area contributed by atoms with E-state index in [-0.39, 0.29) is 5.91 Å². The lowest BCUT2D eigenvalue weighted by molar-refractivity contribution is -0.114. The van der Waals surface area contributed by atoms with E-state index in [0.717, 1.165) is 11.4 Å². The highest BCUT2D eigenvalue weighted by atomic mass is 35.5. The van der Waals surface area contributed by atoms with Gasteiger partial charge in [-0.3, -0.25) is 4.79 Å². The summed E-state index contributed by atoms with van der Waals surface area (Å²) >= 11 is 6.19. The number of carbonyl (C=O) groups is 1. The second-order valence-corrected chi connectivity index (χ2v) is 6.08. The van der Waals surface area contributed by atoms with Gasteiger partial charge in [0.1, 0.15) is 17.5 Å². The zero-order chi connectivity index (χ0) is 18.5. The average Bonchev–Trinajstić information content (AvgIpc) is 2.56. The number of hydrogen-bond acceptors (Lipinski definition) is 5. The number of nitrogens with one attached hydrogen (secondary N) is 3. The maximum Gasteiger partial charge on any atom is 0.221 e. The molecule has 0 radical (unpaired) electrons. The lowest BCUT2D eigenvalue weighted by Gasteiger charge is -2.12. The van der Waals surface area contributed by atoms with Crippen LogP contribution in [0, 0.1) is 6.92 Å². The fourth-order valence-corrected chi connectivity index (χ4v) is 2.61. The molecule has 0 unspecified atom stereocenters. The van der Waals surface area contributed by atoms with Gasteiger partial charge in [0.05, 0.1) is 10.7 Å². The van der Waals surface area contributed by atoms with Crippen LogP contribution in [0.2, 0.25) is 5.02 Å². The highest BCUT2D eigenvalue weighted by molar-refractivity contribution is 6.33. The molecule has 0 spiro atoms. The minimum Gasteiger partial charge on any atom is -0.340 e. The summed E-state index contributed by atoms with van der Waals surface area (Å²) in [6.45, 7) is 3.29. The Bertz CT molecular complexity index is 945. The average molecular weight is 368 g/mol. The van der Waals surface area contributed by atoms with Crippen molar-refractivity contribution in [1.29, 1.82) is 0 Å². The quantitative estimate of drug-likeness (QED) is 0.598. The Hall–Kier alpha value is -3.12. The summed E-state index contributed by atoms with van der Waals surface area (Å²) in [6.07, 6.45) is 0. The zero-order valence-electron chi connectivity index (χ0n) is 14.4. The Balaban J connectivity index is 1.82. The third-order valence-electron chi connectivity index (χ3n) is 3.43. The van der Waals surface area contributed by atoms with Crippen molar-refractivity contribution in [1.82, 2.24) is 9.97 Å². The SMILES string of the molecule is CC(=O)Nc1cccc(Nc2cc(Nc3ccccc3Cl)nc(C)n2)c1. The van der Waals surface area contributed by atoms with Crippen LogP contribution in [0.15, 0.2) is 54.6 Å². The molecule has 0 saturated carbocycles. The van der Waals surface area contributed by atoms with Gasteiger partial charge >= 0.3 is 0 Å². The molecule has 1 amide bonds. The molecule has 0 saturated heterocycles. The molecule has 6 nitrogen and oxygen atoms in total. The molecular formula is C19H18ClN5O. The number of para-hydroxylation sites is 1. The van der Waals surface area contributed by atoms with Crippen LogP contribution in [-0.4, -0.2) is 15.9 Å². The van der Waals surface area contributed by atoms with E-state index in [2.05, 4.69) is 25.9 Å². The minimum absolute atomic E-state index is 0.119. The second-order valence-electron chi connectivity index (χ2n) is 5.68. The lowest BCUT2D eigenvalue weighted by Crippen LogP contribution is -2.06. The fraction of sp³-hybridized carbons (Fsp3) is 0.105. The van der Waals surface area contributed by atoms with Crippen LogP contribution in [0.5, 0.6) is 0 Å². The zero-order valence-corrected chi connectivity index (χ0v) is 15.1. The smallest absolute Gasteiger partial charge is 0.221 e. The number of carbonyl (C=O) groups excluding carboxylic acids is 1. The van der Waals surface area contributed by atoms with Crippen molar-refractivity contribution in [2.24, 2.45) is 0 Å². The molecule has 0 aliphatic rings. The Labute approximate surface area is 156 Å². The van der Waals surface area contributed by atoms with Crippen molar-refractivity contribution in [2.45, 2.75) is 13.8 Å². The number of hydrogen-bond donors (Lipinski definition) is 3. The fourth-order valence-electron chi connectivity index (χ4n) is 2.42. The van der Waals surface area contributed by atoms with Gasteiger partial charge in [-0.2, -0.15) is 0 Å². The maximum absolute atomic E-state index is 11.2. The summed E-state index contributed by atoms with van der Waals surface area (Å²) < 4.78 is 0. The molecule has 3 rings (SSSR count). The van der Waals surface area contributed by atoms with Gasteiger partial charge in [0.2, 0.25) is 5.91 Å². The molecule has 26 heavy (non-hydrogen) atoms. The predicted octanol–water partition coefficient (Wildman–Crippen LogP) is 4.88. The van der Waals surface area contributed by atoms with Crippen molar-refractivity contribution in [3.63, 3.8) is 0 Å². The van der Waals surface area contributed by atoms with Gasteiger partial charge in [-0.1, -0.05) is 29.8 Å². The Morgan fingerprint density at radius 3 is 2.35 bits per heavy atom. The summed E-state index contributed by atoms with van der Waals surface area (Å²) in [5.41, 5.74) is 2.28. The molecule has 7 heteroatoms. The first-order valence-corrected chi connectivity index (χ1v) is 8.39. The summed E-state index contributed by atoms with van der Waals surface area (Å²) in [4.78, 5) is 20.0. The Morgan fingerprint density at radius 1 is 0.923 bits per heavy atom. The van der Waals surface area contributed by atoms with Crippen LogP contribution >= 0.6 is 11.6 Å². The largest absolute Gasteiger partial charge is 0.340 e. The van der Waals surface area contributed by atoms with Crippen molar-refractivity contribution < 1.29 is 4.79 Å². The van der Waals surface area contributed by atoms with Crippen LogP contribution in [-0.2, 0) is 4.79 Å². The number of amides is 1. The highest BCUT2D eigenvalue weighted by Crippen LogP contribution is 2.26. The molecule has 1 heterocycles. The predicted molar refractivity (Wildman–Crippen MR) is 106 cm³/mol. The van der Waals surface area contributed by atoms with Crippen LogP contribution in [0.25, 0.3) is 0 Å². The van der Waals surface area contributed by atoms with Crippen LogP contribution in [0.3, 0.4) is 0 Å².